The molecule has 2 aliphatic heterocycles. The third-order valence-corrected chi connectivity index (χ3v) is 9.87. The molecule has 0 aromatic heterocycles. The summed E-state index contributed by atoms with van der Waals surface area (Å²) >= 11 is 12.5. The minimum absolute atomic E-state index is 0.0244. The third kappa shape index (κ3) is 5.86. The predicted octanol–water partition coefficient (Wildman–Crippen LogP) is 7.57. The van der Waals surface area contributed by atoms with Crippen LogP contribution in [-0.4, -0.2) is 48.8 Å². The summed E-state index contributed by atoms with van der Waals surface area (Å²) in [5.74, 6) is -3.04. The fourth-order valence-electron chi connectivity index (χ4n) is 6.99. The highest BCUT2D eigenvalue weighted by Crippen LogP contribution is 2.53. The first kappa shape index (κ1) is 34.1. The van der Waals surface area contributed by atoms with Gasteiger partial charge >= 0.3 is 5.97 Å². The Balaban J connectivity index is 1.78. The summed E-state index contributed by atoms with van der Waals surface area (Å²) in [5.41, 5.74) is -1.97. The number of carbonyl (C=O) groups is 2. The van der Waals surface area contributed by atoms with Crippen molar-refractivity contribution in [2.24, 2.45) is 11.8 Å². The minimum atomic E-state index is -1.83. The number of nitrogens with zero attached hydrogens (tertiary/aromatic N) is 1. The molecule has 1 saturated heterocycles. The van der Waals surface area contributed by atoms with Crippen molar-refractivity contribution in [3.05, 3.63) is 117 Å². The van der Waals surface area contributed by atoms with Crippen LogP contribution in [0.25, 0.3) is 0 Å². The molecule has 10 heteroatoms. The van der Waals surface area contributed by atoms with Gasteiger partial charge in [0, 0.05) is 35.9 Å². The van der Waals surface area contributed by atoms with Gasteiger partial charge < -0.3 is 19.3 Å². The molecule has 4 atom stereocenters. The number of aliphatic hydroxyl groups is 1. The first-order chi connectivity index (χ1) is 22.0. The number of halogens is 3. The molecule has 46 heavy (non-hydrogen) atoms. The Hall–Kier alpha value is -3.27. The van der Waals surface area contributed by atoms with Gasteiger partial charge in [-0.2, -0.15) is 0 Å². The van der Waals surface area contributed by atoms with E-state index in [4.69, 9.17) is 37.4 Å². The maximum absolute atomic E-state index is 16.9. The SMILES string of the molecule is C=CCOC(=O)[C@@H](C)[C@@H](c1ccc(Cl)cc1)N1C(=O)c2cc([C@](O)(CC)C3CCOCC3)cc(F)c2[C@@]1(OC)c1ccc(Cl)cc1. The van der Waals surface area contributed by atoms with Crippen LogP contribution in [-0.2, 0) is 30.3 Å². The smallest absolute Gasteiger partial charge is 0.311 e. The molecule has 0 bridgehead atoms. The largest absolute Gasteiger partial charge is 0.461 e. The number of hydrogen-bond donors (Lipinski definition) is 1. The lowest BCUT2D eigenvalue weighted by molar-refractivity contribution is -0.154. The molecule has 2 heterocycles. The van der Waals surface area contributed by atoms with Crippen LogP contribution in [0.1, 0.15) is 71.8 Å². The van der Waals surface area contributed by atoms with E-state index in [1.165, 1.54) is 24.2 Å². The molecule has 3 aromatic rings. The van der Waals surface area contributed by atoms with Gasteiger partial charge in [-0.05, 0) is 79.6 Å². The quantitative estimate of drug-likeness (QED) is 0.167. The molecule has 0 radical (unpaired) electrons. The molecule has 1 N–H and O–H groups in total. The van der Waals surface area contributed by atoms with E-state index in [0.29, 0.717) is 59.2 Å². The summed E-state index contributed by atoms with van der Waals surface area (Å²) in [6.45, 7) is 8.05. The van der Waals surface area contributed by atoms with Crippen molar-refractivity contribution in [3.63, 3.8) is 0 Å². The molecule has 7 nitrogen and oxygen atoms in total. The van der Waals surface area contributed by atoms with Crippen LogP contribution in [0.4, 0.5) is 4.39 Å². The number of fused-ring (bicyclic) bond motifs is 1. The number of esters is 1. The Kier molecular flexibility index (Phi) is 10.3. The summed E-state index contributed by atoms with van der Waals surface area (Å²) < 4.78 is 34.1. The van der Waals surface area contributed by atoms with Gasteiger partial charge in [0.25, 0.3) is 5.91 Å². The summed E-state index contributed by atoms with van der Waals surface area (Å²) in [6, 6.07) is 15.2. The van der Waals surface area contributed by atoms with E-state index in [1.807, 2.05) is 6.92 Å². The number of ether oxygens (including phenoxy) is 3. The van der Waals surface area contributed by atoms with E-state index in [1.54, 1.807) is 61.5 Å². The Labute approximate surface area is 278 Å². The standard InChI is InChI=1S/C36H38Cl2FNO6/c1-5-17-46-34(42)22(3)32(23-7-11-27(37)12-8-23)40-33(41)29-20-26(35(43,6-2)24-15-18-45-19-16-24)21-30(39)31(29)36(40,44-4)25-9-13-28(38)14-10-25/h5,7-14,20-22,24,32,43H,1,6,15-19H2,2-4H3/t22-,32-,35-,36-/m0/s1. The number of carbonyl (C=O) groups excluding carboxylic acids is 2. The first-order valence-electron chi connectivity index (χ1n) is 15.4. The molecular formula is C36H38Cl2FNO6. The first-order valence-corrected chi connectivity index (χ1v) is 16.1. The van der Waals surface area contributed by atoms with Crippen LogP contribution in [0.15, 0.2) is 73.3 Å². The molecular weight excluding hydrogens is 632 g/mol. The van der Waals surface area contributed by atoms with Crippen molar-refractivity contribution < 1.29 is 33.3 Å². The van der Waals surface area contributed by atoms with Gasteiger partial charge in [0.15, 0.2) is 5.72 Å². The van der Waals surface area contributed by atoms with Crippen LogP contribution >= 0.6 is 23.2 Å². The number of rotatable bonds is 11. The lowest BCUT2D eigenvalue weighted by atomic mass is 9.74. The van der Waals surface area contributed by atoms with Crippen molar-refractivity contribution >= 4 is 35.1 Å². The minimum Gasteiger partial charge on any atom is -0.461 e. The van der Waals surface area contributed by atoms with Crippen LogP contribution in [0.3, 0.4) is 0 Å². The summed E-state index contributed by atoms with van der Waals surface area (Å²) in [5, 5.41) is 12.9. The number of hydrogen-bond acceptors (Lipinski definition) is 6. The summed E-state index contributed by atoms with van der Waals surface area (Å²) in [6.07, 6.45) is 2.95. The molecule has 0 saturated carbocycles. The van der Waals surface area contributed by atoms with Crippen LogP contribution in [0, 0.1) is 17.7 Å². The second-order valence-corrected chi connectivity index (χ2v) is 12.7. The highest BCUT2D eigenvalue weighted by atomic mass is 35.5. The van der Waals surface area contributed by atoms with E-state index >= 15 is 4.39 Å². The van der Waals surface area contributed by atoms with Crippen LogP contribution in [0.2, 0.25) is 10.0 Å². The number of benzene rings is 3. The Morgan fingerprint density at radius 2 is 1.76 bits per heavy atom. The van der Waals surface area contributed by atoms with Gasteiger partial charge in [0.05, 0.1) is 28.7 Å². The monoisotopic (exact) mass is 669 g/mol. The second-order valence-electron chi connectivity index (χ2n) is 11.8. The zero-order valence-corrected chi connectivity index (χ0v) is 27.6. The van der Waals surface area contributed by atoms with Crippen LogP contribution in [0.5, 0.6) is 0 Å². The maximum atomic E-state index is 16.9. The van der Waals surface area contributed by atoms with Gasteiger partial charge in [-0.25, -0.2) is 4.39 Å². The van der Waals surface area contributed by atoms with E-state index in [2.05, 4.69) is 6.58 Å². The lowest BCUT2D eigenvalue weighted by Gasteiger charge is -2.44. The number of amides is 1. The highest BCUT2D eigenvalue weighted by molar-refractivity contribution is 6.30. The van der Waals surface area contributed by atoms with Crippen molar-refractivity contribution in [3.8, 4) is 0 Å². The normalized spacial score (nSPS) is 20.9. The fraction of sp³-hybridized carbons (Fsp3) is 0.389. The molecule has 0 unspecified atom stereocenters. The van der Waals surface area contributed by atoms with E-state index in [9.17, 15) is 14.7 Å². The Morgan fingerprint density at radius 1 is 1.15 bits per heavy atom. The molecule has 0 aliphatic carbocycles. The molecule has 2 aliphatic rings. The highest BCUT2D eigenvalue weighted by Gasteiger charge is 2.58. The van der Waals surface area contributed by atoms with Crippen molar-refractivity contribution in [2.45, 2.75) is 50.5 Å². The zero-order chi connectivity index (χ0) is 33.2. The van der Waals surface area contributed by atoms with Crippen molar-refractivity contribution in [1.29, 1.82) is 0 Å². The second kappa shape index (κ2) is 13.8. The Bertz CT molecular complexity index is 1590. The van der Waals surface area contributed by atoms with Gasteiger partial charge in [-0.3, -0.25) is 14.5 Å². The fourth-order valence-corrected chi connectivity index (χ4v) is 7.24. The molecule has 244 valence electrons. The average Bonchev–Trinajstić information content (AvgIpc) is 3.33. The van der Waals surface area contributed by atoms with Crippen molar-refractivity contribution in [2.75, 3.05) is 26.9 Å². The summed E-state index contributed by atoms with van der Waals surface area (Å²) in [7, 11) is 1.39. The molecule has 3 aromatic carbocycles. The van der Waals surface area contributed by atoms with E-state index < -0.39 is 41.0 Å². The van der Waals surface area contributed by atoms with Gasteiger partial charge in [0.1, 0.15) is 12.4 Å². The molecule has 1 fully saturated rings. The van der Waals surface area contributed by atoms with Crippen molar-refractivity contribution in [1.82, 2.24) is 4.90 Å². The van der Waals surface area contributed by atoms with Gasteiger partial charge in [0.2, 0.25) is 0 Å². The summed E-state index contributed by atoms with van der Waals surface area (Å²) in [4.78, 5) is 29.7. The molecule has 5 rings (SSSR count). The Morgan fingerprint density at radius 3 is 2.33 bits per heavy atom. The number of methoxy groups -OCH3 is 1. The zero-order valence-electron chi connectivity index (χ0n) is 26.1. The van der Waals surface area contributed by atoms with Gasteiger partial charge in [-0.15, -0.1) is 0 Å². The lowest BCUT2D eigenvalue weighted by Crippen LogP contribution is -2.51. The topological polar surface area (TPSA) is 85.3 Å². The van der Waals surface area contributed by atoms with E-state index in [0.717, 1.165) is 0 Å². The molecule has 1 amide bonds. The average molecular weight is 671 g/mol. The predicted molar refractivity (Wildman–Crippen MR) is 174 cm³/mol. The maximum Gasteiger partial charge on any atom is 0.311 e. The third-order valence-electron chi connectivity index (χ3n) is 9.36. The van der Waals surface area contributed by atoms with E-state index in [-0.39, 0.29) is 23.7 Å². The van der Waals surface area contributed by atoms with Gasteiger partial charge in [-0.1, -0.05) is 67.0 Å². The van der Waals surface area contributed by atoms with Crippen LogP contribution < -0.4 is 0 Å². The molecule has 0 spiro atoms.